The van der Waals surface area contributed by atoms with E-state index in [9.17, 15) is 21.6 Å². The average Bonchev–Trinajstić information content (AvgIpc) is 3.50. The summed E-state index contributed by atoms with van der Waals surface area (Å²) in [6.07, 6.45) is -1.53. The van der Waals surface area contributed by atoms with Gasteiger partial charge in [-0.05, 0) is 61.9 Å². The zero-order chi connectivity index (χ0) is 30.8. The Kier molecular flexibility index (Phi) is 8.14. The van der Waals surface area contributed by atoms with Crippen molar-refractivity contribution < 1.29 is 26.3 Å². The molecule has 0 saturated heterocycles. The second-order valence-corrected chi connectivity index (χ2v) is 10.9. The fourth-order valence-corrected chi connectivity index (χ4v) is 4.94. The van der Waals surface area contributed by atoms with E-state index in [4.69, 9.17) is 9.88 Å². The lowest BCUT2D eigenvalue weighted by atomic mass is 10.1. The van der Waals surface area contributed by atoms with Gasteiger partial charge in [0.05, 0.1) is 29.5 Å². The van der Waals surface area contributed by atoms with E-state index < -0.39 is 22.7 Å². The number of primary sulfonamides is 1. The molecule has 2 aromatic carbocycles. The van der Waals surface area contributed by atoms with Gasteiger partial charge in [0.25, 0.3) is 0 Å². The zero-order valence-electron chi connectivity index (χ0n) is 22.9. The third-order valence-corrected chi connectivity index (χ3v) is 7.20. The topological polar surface area (TPSA) is 163 Å². The molecule has 0 saturated carbocycles. The number of pyridine rings is 1. The van der Waals surface area contributed by atoms with Crippen LogP contribution in [0.1, 0.15) is 25.5 Å². The van der Waals surface area contributed by atoms with Crippen molar-refractivity contribution in [2.24, 2.45) is 5.14 Å². The van der Waals surface area contributed by atoms with Gasteiger partial charge in [0, 0.05) is 5.56 Å². The summed E-state index contributed by atoms with van der Waals surface area (Å²) in [6, 6.07) is 14.6. The summed E-state index contributed by atoms with van der Waals surface area (Å²) >= 11 is 0. The number of sulfonamides is 1. The maximum absolute atomic E-state index is 13.2. The van der Waals surface area contributed by atoms with Crippen molar-refractivity contribution >= 4 is 32.8 Å². The summed E-state index contributed by atoms with van der Waals surface area (Å²) in [5, 5.41) is 14.9. The Balaban J connectivity index is 1.49. The van der Waals surface area contributed by atoms with Gasteiger partial charge < -0.3 is 15.4 Å². The number of rotatable bonds is 10. The minimum Gasteiger partial charge on any atom is -0.492 e. The number of nitrogens with two attached hydrogens (primary N) is 1. The minimum absolute atomic E-state index is 0.0585. The van der Waals surface area contributed by atoms with E-state index in [0.29, 0.717) is 5.56 Å². The van der Waals surface area contributed by atoms with E-state index in [0.717, 1.165) is 11.3 Å². The van der Waals surface area contributed by atoms with Crippen molar-refractivity contribution in [3.05, 3.63) is 72.8 Å². The Hall–Kier alpha value is -4.83. The first kappa shape index (κ1) is 29.7. The third kappa shape index (κ3) is 6.98. The standard InChI is InChI=1S/C27H26F3N9O3S/c1-3-42-22-11-6-18(12-23(22)43(31,40)41)20-9-10-21-24(36-20)25(33-13-27(28,29)30)38-26(37-21)35-16(2)17-4-7-19(8-5-17)39-15-32-14-34-39/h4-12,14-16H,3,13H2,1-2H3,(H2,31,40,41)(H2,33,35,37,38)/t16-/m1/s1. The van der Waals surface area contributed by atoms with Crippen LogP contribution in [-0.2, 0) is 10.0 Å². The molecule has 0 aliphatic carbocycles. The molecule has 0 amide bonds. The summed E-state index contributed by atoms with van der Waals surface area (Å²) in [5.74, 6) is -0.00144. The molecule has 0 fully saturated rings. The number of benzene rings is 2. The molecule has 5 rings (SSSR count). The van der Waals surface area contributed by atoms with Crippen LogP contribution < -0.4 is 20.5 Å². The quantitative estimate of drug-likeness (QED) is 0.205. The van der Waals surface area contributed by atoms with Crippen LogP contribution in [-0.4, -0.2) is 57.5 Å². The predicted molar refractivity (Wildman–Crippen MR) is 153 cm³/mol. The van der Waals surface area contributed by atoms with Crippen LogP contribution in [0.15, 0.2) is 72.1 Å². The smallest absolute Gasteiger partial charge is 0.405 e. The van der Waals surface area contributed by atoms with E-state index in [1.165, 1.54) is 18.5 Å². The molecule has 43 heavy (non-hydrogen) atoms. The molecule has 3 aromatic heterocycles. The van der Waals surface area contributed by atoms with Gasteiger partial charge in [0.15, 0.2) is 5.82 Å². The van der Waals surface area contributed by atoms with Crippen LogP contribution in [0.3, 0.4) is 0 Å². The summed E-state index contributed by atoms with van der Waals surface area (Å²) in [4.78, 5) is 16.9. The van der Waals surface area contributed by atoms with Crippen LogP contribution >= 0.6 is 0 Å². The van der Waals surface area contributed by atoms with Crippen molar-refractivity contribution in [2.75, 3.05) is 23.8 Å². The van der Waals surface area contributed by atoms with Gasteiger partial charge in [0.2, 0.25) is 16.0 Å². The average molecular weight is 614 g/mol. The molecule has 1 atom stereocenters. The first-order chi connectivity index (χ1) is 20.4. The van der Waals surface area contributed by atoms with E-state index >= 15 is 0 Å². The van der Waals surface area contributed by atoms with Gasteiger partial charge in [-0.3, -0.25) is 0 Å². The number of halogens is 3. The Bertz CT molecular complexity index is 1850. The van der Waals surface area contributed by atoms with Gasteiger partial charge >= 0.3 is 6.18 Å². The maximum Gasteiger partial charge on any atom is 0.405 e. The van der Waals surface area contributed by atoms with Gasteiger partial charge in [-0.25, -0.2) is 33.2 Å². The predicted octanol–water partition coefficient (Wildman–Crippen LogP) is 4.47. The van der Waals surface area contributed by atoms with Crippen molar-refractivity contribution in [1.82, 2.24) is 29.7 Å². The number of nitrogens with one attached hydrogen (secondary N) is 2. The Labute approximate surface area is 244 Å². The lowest BCUT2D eigenvalue weighted by Crippen LogP contribution is -2.22. The van der Waals surface area contributed by atoms with Gasteiger partial charge in [-0.15, -0.1) is 0 Å². The molecule has 224 valence electrons. The summed E-state index contributed by atoms with van der Waals surface area (Å²) in [5.41, 5.74) is 2.61. The monoisotopic (exact) mass is 613 g/mol. The Morgan fingerprint density at radius 3 is 2.47 bits per heavy atom. The SMILES string of the molecule is CCOc1ccc(-c2ccc3nc(N[C@H](C)c4ccc(-n5cncn5)cc4)nc(NCC(F)(F)F)c3n2)cc1S(N)(=O)=O. The molecule has 0 aliphatic heterocycles. The second-order valence-electron chi connectivity index (χ2n) is 9.37. The number of ether oxygens (including phenoxy) is 1. The molecule has 16 heteroatoms. The highest BCUT2D eigenvalue weighted by molar-refractivity contribution is 7.89. The normalized spacial score (nSPS) is 12.7. The van der Waals surface area contributed by atoms with Crippen molar-refractivity contribution in [2.45, 2.75) is 31.0 Å². The number of fused-ring (bicyclic) bond motifs is 1. The molecular formula is C27H26F3N9O3S. The molecule has 0 aliphatic rings. The molecular weight excluding hydrogens is 587 g/mol. The van der Waals surface area contributed by atoms with Crippen LogP contribution in [0.5, 0.6) is 5.75 Å². The zero-order valence-corrected chi connectivity index (χ0v) is 23.7. The first-order valence-electron chi connectivity index (χ1n) is 12.9. The fourth-order valence-electron chi connectivity index (χ4n) is 4.25. The van der Waals surface area contributed by atoms with Crippen molar-refractivity contribution in [3.8, 4) is 22.7 Å². The maximum atomic E-state index is 13.2. The van der Waals surface area contributed by atoms with Crippen molar-refractivity contribution in [3.63, 3.8) is 0 Å². The lowest BCUT2D eigenvalue weighted by molar-refractivity contribution is -0.115. The highest BCUT2D eigenvalue weighted by Gasteiger charge is 2.28. The van der Waals surface area contributed by atoms with Crippen LogP contribution in [0, 0.1) is 0 Å². The van der Waals surface area contributed by atoms with Gasteiger partial charge in [0.1, 0.15) is 35.4 Å². The molecule has 3 heterocycles. The number of hydrogen-bond acceptors (Lipinski definition) is 10. The number of anilines is 2. The largest absolute Gasteiger partial charge is 0.492 e. The van der Waals surface area contributed by atoms with Crippen LogP contribution in [0.25, 0.3) is 28.0 Å². The van der Waals surface area contributed by atoms with E-state index in [-0.39, 0.29) is 51.8 Å². The second kappa shape index (κ2) is 11.8. The highest BCUT2D eigenvalue weighted by atomic mass is 32.2. The lowest BCUT2D eigenvalue weighted by Gasteiger charge is -2.17. The molecule has 12 nitrogen and oxygen atoms in total. The minimum atomic E-state index is -4.53. The molecule has 4 N–H and O–H groups in total. The summed E-state index contributed by atoms with van der Waals surface area (Å²) < 4.78 is 70.9. The van der Waals surface area contributed by atoms with Crippen LogP contribution in [0.4, 0.5) is 24.9 Å². The molecule has 0 unspecified atom stereocenters. The fraction of sp³-hybridized carbons (Fsp3) is 0.222. The summed E-state index contributed by atoms with van der Waals surface area (Å²) in [6.45, 7) is 2.41. The third-order valence-electron chi connectivity index (χ3n) is 6.27. The Morgan fingerprint density at radius 2 is 1.81 bits per heavy atom. The van der Waals surface area contributed by atoms with E-state index in [2.05, 4.69) is 35.7 Å². The molecule has 0 radical (unpaired) electrons. The highest BCUT2D eigenvalue weighted by Crippen LogP contribution is 2.31. The van der Waals surface area contributed by atoms with E-state index in [1.807, 2.05) is 31.2 Å². The molecule has 5 aromatic rings. The molecule has 0 bridgehead atoms. The summed E-state index contributed by atoms with van der Waals surface area (Å²) in [7, 11) is -4.15. The first-order valence-corrected chi connectivity index (χ1v) is 14.5. The number of hydrogen-bond donors (Lipinski definition) is 3. The van der Waals surface area contributed by atoms with Gasteiger partial charge in [-0.1, -0.05) is 12.1 Å². The molecule has 0 spiro atoms. The van der Waals surface area contributed by atoms with Crippen molar-refractivity contribution in [1.29, 1.82) is 0 Å². The van der Waals surface area contributed by atoms with Gasteiger partial charge in [-0.2, -0.15) is 23.3 Å². The number of nitrogens with zero attached hydrogens (tertiary/aromatic N) is 6. The van der Waals surface area contributed by atoms with E-state index in [1.54, 1.807) is 36.1 Å². The number of aromatic nitrogens is 6. The Morgan fingerprint density at radius 1 is 1.05 bits per heavy atom. The number of alkyl halides is 3. The van der Waals surface area contributed by atoms with Crippen LogP contribution in [0.2, 0.25) is 0 Å².